The molecule has 3 aromatic rings. The molecule has 2 unspecified atom stereocenters. The minimum absolute atomic E-state index is 0.0354. The molecule has 2 atom stereocenters. The van der Waals surface area contributed by atoms with E-state index in [-0.39, 0.29) is 16.6 Å². The zero-order valence-corrected chi connectivity index (χ0v) is 14.3. The molecule has 0 spiro atoms. The normalized spacial score (nSPS) is 19.4. The van der Waals surface area contributed by atoms with Gasteiger partial charge in [0.15, 0.2) is 20.7 Å². The number of benzene rings is 2. The van der Waals surface area contributed by atoms with E-state index in [9.17, 15) is 13.2 Å². The van der Waals surface area contributed by atoms with Crippen LogP contribution in [-0.4, -0.2) is 19.2 Å². The van der Waals surface area contributed by atoms with Crippen LogP contribution < -0.4 is 0 Å². The Morgan fingerprint density at radius 3 is 2.44 bits per heavy atom. The molecule has 1 heterocycles. The van der Waals surface area contributed by atoms with Crippen LogP contribution in [0.2, 0.25) is 0 Å². The minimum atomic E-state index is -3.80. The molecule has 1 saturated carbocycles. The fraction of sp³-hybridized carbons (Fsp3) is 0.263. The van der Waals surface area contributed by atoms with Gasteiger partial charge >= 0.3 is 0 Å². The van der Waals surface area contributed by atoms with Crippen molar-refractivity contribution in [2.75, 3.05) is 0 Å². The summed E-state index contributed by atoms with van der Waals surface area (Å²) >= 11 is 0. The number of carbonyl (C=O) groups excluding carboxylic acids is 1. The van der Waals surface area contributed by atoms with Crippen LogP contribution >= 0.6 is 0 Å². The van der Waals surface area contributed by atoms with Gasteiger partial charge in [0, 0.05) is 12.3 Å². The molecular formula is C19H17NO4S. The van der Waals surface area contributed by atoms with Crippen molar-refractivity contribution in [1.82, 2.24) is 4.98 Å². The summed E-state index contributed by atoms with van der Waals surface area (Å²) in [5.74, 6) is -0.546. The number of aromatic nitrogens is 1. The summed E-state index contributed by atoms with van der Waals surface area (Å²) in [4.78, 5) is 16.9. The number of Topliss-reactive ketones (excluding diaryl/α,β-unsaturated/α-hetero) is 1. The molecular weight excluding hydrogens is 338 g/mol. The number of sulfone groups is 1. The molecule has 0 radical (unpaired) electrons. The second-order valence-electron chi connectivity index (χ2n) is 6.26. The topological polar surface area (TPSA) is 77.2 Å². The molecule has 1 aromatic heterocycles. The highest BCUT2D eigenvalue weighted by atomic mass is 32.2. The monoisotopic (exact) mass is 355 g/mol. The maximum atomic E-state index is 13.3. The number of nitrogens with zero attached hydrogens (tertiary/aromatic N) is 1. The van der Waals surface area contributed by atoms with Crippen LogP contribution in [0.4, 0.5) is 0 Å². The average molecular weight is 355 g/mol. The van der Waals surface area contributed by atoms with E-state index in [0.717, 1.165) is 0 Å². The number of hydrogen-bond acceptors (Lipinski definition) is 5. The van der Waals surface area contributed by atoms with E-state index < -0.39 is 21.0 Å². The molecule has 1 aliphatic rings. The van der Waals surface area contributed by atoms with Crippen molar-refractivity contribution in [3.8, 4) is 0 Å². The van der Waals surface area contributed by atoms with Gasteiger partial charge in [-0.2, -0.15) is 0 Å². The SMILES string of the molecule is O=C1CCCC1C(c1nc2ccccc2o1)S(=O)(=O)c1ccccc1. The Morgan fingerprint density at radius 1 is 1.04 bits per heavy atom. The third kappa shape index (κ3) is 2.76. The molecule has 0 amide bonds. The molecule has 2 aromatic carbocycles. The van der Waals surface area contributed by atoms with E-state index >= 15 is 0 Å². The number of rotatable bonds is 4. The summed E-state index contributed by atoms with van der Waals surface area (Å²) in [6.07, 6.45) is 1.64. The maximum Gasteiger partial charge on any atom is 0.214 e. The van der Waals surface area contributed by atoms with Crippen molar-refractivity contribution in [3.63, 3.8) is 0 Å². The number of oxazole rings is 1. The van der Waals surface area contributed by atoms with Crippen molar-refractivity contribution in [1.29, 1.82) is 0 Å². The number of para-hydroxylation sites is 2. The minimum Gasteiger partial charge on any atom is -0.439 e. The van der Waals surface area contributed by atoms with Crippen LogP contribution in [-0.2, 0) is 14.6 Å². The van der Waals surface area contributed by atoms with Crippen LogP contribution in [0.3, 0.4) is 0 Å². The van der Waals surface area contributed by atoms with Crippen LogP contribution in [0.15, 0.2) is 63.9 Å². The zero-order valence-electron chi connectivity index (χ0n) is 13.5. The maximum absolute atomic E-state index is 13.3. The molecule has 1 aliphatic carbocycles. The number of hydrogen-bond donors (Lipinski definition) is 0. The predicted octanol–water partition coefficient (Wildman–Crippen LogP) is 3.71. The third-order valence-electron chi connectivity index (χ3n) is 4.68. The smallest absolute Gasteiger partial charge is 0.214 e. The van der Waals surface area contributed by atoms with Gasteiger partial charge in [-0.3, -0.25) is 4.79 Å². The lowest BCUT2D eigenvalue weighted by Crippen LogP contribution is -2.25. The molecule has 5 nitrogen and oxygen atoms in total. The van der Waals surface area contributed by atoms with E-state index in [2.05, 4.69) is 4.98 Å². The summed E-state index contributed by atoms with van der Waals surface area (Å²) in [7, 11) is -3.80. The lowest BCUT2D eigenvalue weighted by Gasteiger charge is -2.19. The molecule has 0 bridgehead atoms. The summed E-state index contributed by atoms with van der Waals surface area (Å²) in [6, 6.07) is 15.3. The van der Waals surface area contributed by atoms with Gasteiger partial charge in [-0.05, 0) is 37.1 Å². The Kier molecular flexibility index (Phi) is 3.92. The summed E-state index contributed by atoms with van der Waals surface area (Å²) in [5, 5.41) is -1.09. The number of carbonyl (C=O) groups is 1. The van der Waals surface area contributed by atoms with E-state index in [4.69, 9.17) is 4.42 Å². The Balaban J connectivity index is 1.89. The molecule has 0 aliphatic heterocycles. The first-order valence-corrected chi connectivity index (χ1v) is 9.79. The first kappa shape index (κ1) is 16.0. The van der Waals surface area contributed by atoms with Gasteiger partial charge in [0.2, 0.25) is 5.89 Å². The van der Waals surface area contributed by atoms with Crippen molar-refractivity contribution < 1.29 is 17.6 Å². The Morgan fingerprint density at radius 2 is 1.76 bits per heavy atom. The first-order valence-electron chi connectivity index (χ1n) is 8.24. The highest BCUT2D eigenvalue weighted by Gasteiger charge is 2.44. The van der Waals surface area contributed by atoms with Gasteiger partial charge in [0.05, 0.1) is 4.90 Å². The molecule has 6 heteroatoms. The summed E-state index contributed by atoms with van der Waals surface area (Å²) in [5.41, 5.74) is 1.12. The fourth-order valence-corrected chi connectivity index (χ4v) is 5.37. The molecule has 25 heavy (non-hydrogen) atoms. The highest BCUT2D eigenvalue weighted by molar-refractivity contribution is 7.91. The van der Waals surface area contributed by atoms with E-state index in [1.54, 1.807) is 48.5 Å². The largest absolute Gasteiger partial charge is 0.439 e. The second-order valence-corrected chi connectivity index (χ2v) is 8.33. The molecule has 1 fully saturated rings. The second kappa shape index (κ2) is 6.11. The summed E-state index contributed by atoms with van der Waals surface area (Å²) in [6.45, 7) is 0. The Hall–Kier alpha value is -2.47. The molecule has 0 N–H and O–H groups in total. The lowest BCUT2D eigenvalue weighted by atomic mass is 10.0. The van der Waals surface area contributed by atoms with Gasteiger partial charge in [-0.25, -0.2) is 13.4 Å². The number of fused-ring (bicyclic) bond motifs is 1. The van der Waals surface area contributed by atoms with Crippen LogP contribution in [0.25, 0.3) is 11.1 Å². The summed E-state index contributed by atoms with van der Waals surface area (Å²) < 4.78 is 32.3. The van der Waals surface area contributed by atoms with Crippen LogP contribution in [0.5, 0.6) is 0 Å². The molecule has 0 saturated heterocycles. The fourth-order valence-electron chi connectivity index (χ4n) is 3.45. The zero-order chi connectivity index (χ0) is 17.4. The van der Waals surface area contributed by atoms with Gasteiger partial charge in [0.1, 0.15) is 11.3 Å². The van der Waals surface area contributed by atoms with Crippen molar-refractivity contribution in [2.45, 2.75) is 29.4 Å². The Bertz CT molecular complexity index is 991. The quantitative estimate of drug-likeness (QED) is 0.713. The van der Waals surface area contributed by atoms with Gasteiger partial charge in [-0.15, -0.1) is 0 Å². The lowest BCUT2D eigenvalue weighted by molar-refractivity contribution is -0.120. The van der Waals surface area contributed by atoms with E-state index in [1.165, 1.54) is 0 Å². The van der Waals surface area contributed by atoms with Crippen molar-refractivity contribution >= 4 is 26.7 Å². The van der Waals surface area contributed by atoms with Gasteiger partial charge in [-0.1, -0.05) is 30.3 Å². The van der Waals surface area contributed by atoms with E-state index in [0.29, 0.717) is 30.4 Å². The third-order valence-corrected chi connectivity index (χ3v) is 6.81. The highest BCUT2D eigenvalue weighted by Crippen LogP contribution is 2.42. The van der Waals surface area contributed by atoms with Crippen molar-refractivity contribution in [3.05, 3.63) is 60.5 Å². The average Bonchev–Trinajstić information content (AvgIpc) is 3.22. The molecule has 4 rings (SSSR count). The first-order chi connectivity index (χ1) is 12.1. The Labute approximate surface area is 145 Å². The standard InChI is InChI=1S/C19H17NO4S/c21-16-11-6-9-14(16)18(25(22,23)13-7-2-1-3-8-13)19-20-15-10-4-5-12-17(15)24-19/h1-5,7-8,10,12,14,18H,6,9,11H2. The predicted molar refractivity (Wildman–Crippen MR) is 92.7 cm³/mol. The van der Waals surface area contributed by atoms with Crippen LogP contribution in [0.1, 0.15) is 30.4 Å². The van der Waals surface area contributed by atoms with Gasteiger partial charge in [0.25, 0.3) is 0 Å². The van der Waals surface area contributed by atoms with Crippen LogP contribution in [0, 0.1) is 5.92 Å². The molecule has 128 valence electrons. The van der Waals surface area contributed by atoms with E-state index in [1.807, 2.05) is 6.07 Å². The van der Waals surface area contributed by atoms with Crippen molar-refractivity contribution in [2.24, 2.45) is 5.92 Å². The van der Waals surface area contributed by atoms with Gasteiger partial charge < -0.3 is 4.42 Å². The number of ketones is 1.